The molecular weight excluding hydrogens is 306 g/mol. The largest absolute Gasteiger partial charge is 0.370 e. The van der Waals surface area contributed by atoms with Gasteiger partial charge in [-0.1, -0.05) is 13.3 Å². The van der Waals surface area contributed by atoms with Crippen LogP contribution in [0.5, 0.6) is 0 Å². The van der Waals surface area contributed by atoms with E-state index in [0.29, 0.717) is 18.9 Å². The Balaban J connectivity index is 1.58. The van der Waals surface area contributed by atoms with E-state index in [9.17, 15) is 4.79 Å². The van der Waals surface area contributed by atoms with E-state index in [1.54, 1.807) is 11.1 Å². The lowest BCUT2D eigenvalue weighted by Crippen LogP contribution is -2.45. The fourth-order valence-corrected chi connectivity index (χ4v) is 3.28. The zero-order valence-electron chi connectivity index (χ0n) is 14.7. The summed E-state index contributed by atoms with van der Waals surface area (Å²) in [6, 6.07) is 3.81. The Labute approximate surface area is 143 Å². The molecule has 3 rings (SSSR count). The fraction of sp³-hybridized carbons (Fsp3) is 0.667. The number of amides is 1. The zero-order valence-corrected chi connectivity index (χ0v) is 14.7. The highest BCUT2D eigenvalue weighted by atomic mass is 16.7. The Morgan fingerprint density at radius 2 is 2.00 bits per heavy atom. The average molecular weight is 333 g/mol. The van der Waals surface area contributed by atoms with Crippen LogP contribution in [0.1, 0.15) is 43.1 Å². The van der Waals surface area contributed by atoms with Crippen LogP contribution in [-0.2, 0) is 9.47 Å². The number of rotatable bonds is 5. The molecule has 6 heteroatoms. The SMILES string of the molecule is CCCCN(C)C(=O)c1ccc(N2CCC3(CC2)OCCO3)cn1. The lowest BCUT2D eigenvalue weighted by atomic mass is 10.0. The predicted octanol–water partition coefficient (Wildman–Crippen LogP) is 2.30. The van der Waals surface area contributed by atoms with E-state index in [1.807, 2.05) is 19.2 Å². The van der Waals surface area contributed by atoms with Gasteiger partial charge in [-0.3, -0.25) is 4.79 Å². The summed E-state index contributed by atoms with van der Waals surface area (Å²) in [5.41, 5.74) is 1.56. The first-order chi connectivity index (χ1) is 11.6. The number of pyridine rings is 1. The predicted molar refractivity (Wildman–Crippen MR) is 92.2 cm³/mol. The summed E-state index contributed by atoms with van der Waals surface area (Å²) < 4.78 is 11.5. The smallest absolute Gasteiger partial charge is 0.272 e. The van der Waals surface area contributed by atoms with Crippen LogP contribution >= 0.6 is 0 Å². The van der Waals surface area contributed by atoms with Gasteiger partial charge in [-0.25, -0.2) is 4.98 Å². The molecule has 1 aromatic heterocycles. The summed E-state index contributed by atoms with van der Waals surface area (Å²) in [5.74, 6) is -0.373. The number of piperidine rings is 1. The van der Waals surface area contributed by atoms with E-state index < -0.39 is 0 Å². The molecule has 1 spiro atoms. The van der Waals surface area contributed by atoms with Gasteiger partial charge < -0.3 is 19.3 Å². The molecular formula is C18H27N3O3. The fourth-order valence-electron chi connectivity index (χ4n) is 3.28. The topological polar surface area (TPSA) is 54.9 Å². The van der Waals surface area contributed by atoms with E-state index in [0.717, 1.165) is 51.0 Å². The molecule has 1 aromatic rings. The first-order valence-electron chi connectivity index (χ1n) is 8.88. The van der Waals surface area contributed by atoms with Crippen molar-refractivity contribution in [2.45, 2.75) is 38.4 Å². The van der Waals surface area contributed by atoms with Gasteiger partial charge in [0.05, 0.1) is 25.1 Å². The van der Waals surface area contributed by atoms with E-state index in [-0.39, 0.29) is 11.7 Å². The number of carbonyl (C=O) groups is 1. The number of nitrogens with zero attached hydrogens (tertiary/aromatic N) is 3. The Hall–Kier alpha value is -1.66. The summed E-state index contributed by atoms with van der Waals surface area (Å²) >= 11 is 0. The molecule has 2 aliphatic rings. The summed E-state index contributed by atoms with van der Waals surface area (Å²) in [7, 11) is 1.83. The van der Waals surface area contributed by atoms with Gasteiger partial charge in [0.15, 0.2) is 5.79 Å². The normalized spacial score (nSPS) is 19.7. The molecule has 24 heavy (non-hydrogen) atoms. The number of hydrogen-bond acceptors (Lipinski definition) is 5. The lowest BCUT2D eigenvalue weighted by molar-refractivity contribution is -0.169. The Kier molecular flexibility index (Phi) is 5.36. The monoisotopic (exact) mass is 333 g/mol. The maximum Gasteiger partial charge on any atom is 0.272 e. The highest BCUT2D eigenvalue weighted by Crippen LogP contribution is 2.32. The van der Waals surface area contributed by atoms with Crippen LogP contribution in [-0.4, -0.2) is 61.5 Å². The number of ether oxygens (including phenoxy) is 2. The van der Waals surface area contributed by atoms with Gasteiger partial charge in [-0.15, -0.1) is 0 Å². The Bertz CT molecular complexity index is 545. The average Bonchev–Trinajstić information content (AvgIpc) is 3.08. The highest BCUT2D eigenvalue weighted by molar-refractivity contribution is 5.92. The first kappa shape index (κ1) is 17.2. The minimum atomic E-state index is -0.359. The molecule has 6 nitrogen and oxygen atoms in total. The van der Waals surface area contributed by atoms with Crippen LogP contribution in [0.4, 0.5) is 5.69 Å². The van der Waals surface area contributed by atoms with Crippen molar-refractivity contribution in [3.63, 3.8) is 0 Å². The van der Waals surface area contributed by atoms with Crippen molar-refractivity contribution in [1.82, 2.24) is 9.88 Å². The van der Waals surface area contributed by atoms with Crippen LogP contribution in [0.2, 0.25) is 0 Å². The molecule has 2 fully saturated rings. The molecule has 2 saturated heterocycles. The third kappa shape index (κ3) is 3.70. The third-order valence-corrected chi connectivity index (χ3v) is 4.86. The van der Waals surface area contributed by atoms with E-state index >= 15 is 0 Å². The minimum absolute atomic E-state index is 0.0136. The molecule has 0 aliphatic carbocycles. The van der Waals surface area contributed by atoms with Crippen molar-refractivity contribution in [3.8, 4) is 0 Å². The second-order valence-electron chi connectivity index (χ2n) is 6.58. The van der Waals surface area contributed by atoms with Gasteiger partial charge in [0.25, 0.3) is 5.91 Å². The number of hydrogen-bond donors (Lipinski definition) is 0. The minimum Gasteiger partial charge on any atom is -0.370 e. The van der Waals surface area contributed by atoms with Crippen LogP contribution in [0.3, 0.4) is 0 Å². The molecule has 0 N–H and O–H groups in total. The maximum absolute atomic E-state index is 12.3. The van der Waals surface area contributed by atoms with Crippen molar-refractivity contribution in [2.75, 3.05) is 44.8 Å². The van der Waals surface area contributed by atoms with Crippen molar-refractivity contribution in [3.05, 3.63) is 24.0 Å². The van der Waals surface area contributed by atoms with E-state index in [4.69, 9.17) is 9.47 Å². The van der Waals surface area contributed by atoms with Gasteiger partial charge in [-0.05, 0) is 18.6 Å². The summed E-state index contributed by atoms with van der Waals surface area (Å²) in [5, 5.41) is 0. The molecule has 0 saturated carbocycles. The number of unbranched alkanes of at least 4 members (excludes halogenated alkanes) is 1. The lowest BCUT2D eigenvalue weighted by Gasteiger charge is -2.38. The number of carbonyl (C=O) groups excluding carboxylic acids is 1. The molecule has 1 amide bonds. The molecule has 0 atom stereocenters. The number of anilines is 1. The van der Waals surface area contributed by atoms with Gasteiger partial charge in [0, 0.05) is 39.5 Å². The second kappa shape index (κ2) is 7.49. The van der Waals surface area contributed by atoms with Crippen LogP contribution in [0.15, 0.2) is 18.3 Å². The third-order valence-electron chi connectivity index (χ3n) is 4.86. The number of aromatic nitrogens is 1. The van der Waals surface area contributed by atoms with Crippen LogP contribution < -0.4 is 4.90 Å². The Morgan fingerprint density at radius 3 is 2.58 bits per heavy atom. The zero-order chi connectivity index (χ0) is 17.0. The Morgan fingerprint density at radius 1 is 1.29 bits per heavy atom. The molecule has 2 aliphatic heterocycles. The van der Waals surface area contributed by atoms with Crippen molar-refractivity contribution < 1.29 is 14.3 Å². The van der Waals surface area contributed by atoms with Crippen molar-refractivity contribution in [2.24, 2.45) is 0 Å². The van der Waals surface area contributed by atoms with Crippen molar-refractivity contribution >= 4 is 11.6 Å². The van der Waals surface area contributed by atoms with Gasteiger partial charge in [0.1, 0.15) is 5.69 Å². The van der Waals surface area contributed by atoms with Crippen molar-refractivity contribution in [1.29, 1.82) is 0 Å². The molecule has 0 bridgehead atoms. The van der Waals surface area contributed by atoms with Crippen LogP contribution in [0.25, 0.3) is 0 Å². The summed E-state index contributed by atoms with van der Waals surface area (Å²) in [4.78, 5) is 20.7. The second-order valence-corrected chi connectivity index (χ2v) is 6.58. The molecule has 132 valence electrons. The standard InChI is InChI=1S/C18H27N3O3/c1-3-4-9-20(2)17(22)16-6-5-15(14-19-16)21-10-7-18(8-11-21)23-12-13-24-18/h5-6,14H,3-4,7-13H2,1-2H3. The van der Waals surface area contributed by atoms with Gasteiger partial charge in [0.2, 0.25) is 0 Å². The van der Waals surface area contributed by atoms with E-state index in [2.05, 4.69) is 16.8 Å². The summed E-state index contributed by atoms with van der Waals surface area (Å²) in [6.07, 6.45) is 5.63. The summed E-state index contributed by atoms with van der Waals surface area (Å²) in [6.45, 7) is 6.05. The maximum atomic E-state index is 12.3. The molecule has 0 unspecified atom stereocenters. The molecule has 3 heterocycles. The van der Waals surface area contributed by atoms with E-state index in [1.165, 1.54) is 0 Å². The van der Waals surface area contributed by atoms with Gasteiger partial charge in [-0.2, -0.15) is 0 Å². The van der Waals surface area contributed by atoms with Crippen LogP contribution in [0, 0.1) is 0 Å². The van der Waals surface area contributed by atoms with Gasteiger partial charge >= 0.3 is 0 Å². The molecule has 0 aromatic carbocycles. The molecule has 0 radical (unpaired) electrons. The first-order valence-corrected chi connectivity index (χ1v) is 8.88. The quantitative estimate of drug-likeness (QED) is 0.827. The highest BCUT2D eigenvalue weighted by Gasteiger charge is 2.39.